The molecule has 0 saturated heterocycles. The maximum Gasteiger partial charge on any atom is 0.133 e. The molecule has 0 fully saturated rings. The van der Waals surface area contributed by atoms with Crippen molar-refractivity contribution in [3.8, 4) is 0 Å². The lowest BCUT2D eigenvalue weighted by Crippen LogP contribution is -2.32. The quantitative estimate of drug-likeness (QED) is 0.608. The molecule has 1 unspecified atom stereocenters. The number of rotatable bonds is 5. The van der Waals surface area contributed by atoms with Crippen molar-refractivity contribution in [1.82, 2.24) is 24.8 Å². The lowest BCUT2D eigenvalue weighted by Gasteiger charge is -2.17. The molecule has 0 aliphatic rings. The molecule has 2 aromatic heterocycles. The van der Waals surface area contributed by atoms with Gasteiger partial charge in [0, 0.05) is 26.0 Å². The van der Waals surface area contributed by atoms with Crippen molar-refractivity contribution in [2.24, 2.45) is 12.9 Å². The Kier molecular flexibility index (Phi) is 3.78. The lowest BCUT2D eigenvalue weighted by molar-refractivity contribution is 0.514. The number of aryl methyl sites for hydroxylation is 3. The summed E-state index contributed by atoms with van der Waals surface area (Å²) in [6.45, 7) is 5.04. The van der Waals surface area contributed by atoms with Crippen LogP contribution in [0.4, 0.5) is 0 Å². The minimum absolute atomic E-state index is 0.141. The molecule has 0 aromatic carbocycles. The van der Waals surface area contributed by atoms with E-state index in [4.69, 9.17) is 5.84 Å². The van der Waals surface area contributed by atoms with Crippen molar-refractivity contribution in [2.75, 3.05) is 0 Å². The fourth-order valence-corrected chi connectivity index (χ4v) is 2.20. The van der Waals surface area contributed by atoms with Gasteiger partial charge >= 0.3 is 0 Å². The molecule has 0 aliphatic heterocycles. The van der Waals surface area contributed by atoms with Crippen LogP contribution in [-0.2, 0) is 13.6 Å². The maximum absolute atomic E-state index is 5.69. The molecule has 0 spiro atoms. The SMILES string of the molecule is CCCn1ccnc1C(NN)c1cc(C)nn1C. The van der Waals surface area contributed by atoms with E-state index >= 15 is 0 Å². The Morgan fingerprint density at radius 3 is 2.83 bits per heavy atom. The van der Waals surface area contributed by atoms with E-state index < -0.39 is 0 Å². The highest BCUT2D eigenvalue weighted by atomic mass is 15.3. The summed E-state index contributed by atoms with van der Waals surface area (Å²) in [4.78, 5) is 4.41. The Hall–Kier alpha value is -1.66. The average molecular weight is 248 g/mol. The van der Waals surface area contributed by atoms with Gasteiger partial charge in [-0.3, -0.25) is 10.5 Å². The molecule has 2 aromatic rings. The number of aromatic nitrogens is 4. The third-order valence-electron chi connectivity index (χ3n) is 2.97. The summed E-state index contributed by atoms with van der Waals surface area (Å²) in [6, 6.07) is 1.88. The van der Waals surface area contributed by atoms with Crippen LogP contribution in [0.1, 0.15) is 36.6 Å². The van der Waals surface area contributed by atoms with Crippen LogP contribution in [0.2, 0.25) is 0 Å². The van der Waals surface area contributed by atoms with Gasteiger partial charge in [-0.2, -0.15) is 5.10 Å². The molecule has 6 nitrogen and oxygen atoms in total. The van der Waals surface area contributed by atoms with Crippen LogP contribution in [0.15, 0.2) is 18.5 Å². The van der Waals surface area contributed by atoms with Gasteiger partial charge in [0.15, 0.2) is 0 Å². The highest BCUT2D eigenvalue weighted by Crippen LogP contribution is 2.20. The summed E-state index contributed by atoms with van der Waals surface area (Å²) < 4.78 is 3.96. The summed E-state index contributed by atoms with van der Waals surface area (Å²) >= 11 is 0. The first-order valence-electron chi connectivity index (χ1n) is 6.15. The van der Waals surface area contributed by atoms with Crippen LogP contribution >= 0.6 is 0 Å². The van der Waals surface area contributed by atoms with Crippen LogP contribution in [0.25, 0.3) is 0 Å². The largest absolute Gasteiger partial charge is 0.333 e. The molecular formula is C12H20N6. The van der Waals surface area contributed by atoms with Gasteiger partial charge in [0.25, 0.3) is 0 Å². The van der Waals surface area contributed by atoms with Crippen LogP contribution in [0.5, 0.6) is 0 Å². The summed E-state index contributed by atoms with van der Waals surface area (Å²) in [5, 5.41) is 4.35. The first-order valence-corrected chi connectivity index (χ1v) is 6.15. The van der Waals surface area contributed by atoms with Gasteiger partial charge in [-0.15, -0.1) is 0 Å². The lowest BCUT2D eigenvalue weighted by atomic mass is 10.2. The van der Waals surface area contributed by atoms with Gasteiger partial charge in [0.2, 0.25) is 0 Å². The number of hydrogen-bond acceptors (Lipinski definition) is 4. The molecule has 3 N–H and O–H groups in total. The van der Waals surface area contributed by atoms with Crippen molar-refractivity contribution in [3.05, 3.63) is 35.7 Å². The number of nitrogens with two attached hydrogens (primary N) is 1. The van der Waals surface area contributed by atoms with Gasteiger partial charge in [0.1, 0.15) is 11.9 Å². The second-order valence-corrected chi connectivity index (χ2v) is 4.41. The smallest absolute Gasteiger partial charge is 0.133 e. The van der Waals surface area contributed by atoms with E-state index in [9.17, 15) is 0 Å². The molecule has 18 heavy (non-hydrogen) atoms. The molecule has 0 bridgehead atoms. The molecule has 2 rings (SSSR count). The van der Waals surface area contributed by atoms with E-state index in [0.717, 1.165) is 30.2 Å². The summed E-state index contributed by atoms with van der Waals surface area (Å²) in [6.07, 6.45) is 4.84. The zero-order chi connectivity index (χ0) is 13.1. The van der Waals surface area contributed by atoms with E-state index in [1.54, 1.807) is 6.20 Å². The van der Waals surface area contributed by atoms with Crippen LogP contribution in [0, 0.1) is 6.92 Å². The molecule has 0 amide bonds. The first-order chi connectivity index (χ1) is 8.67. The fraction of sp³-hybridized carbons (Fsp3) is 0.500. The molecule has 0 radical (unpaired) electrons. The zero-order valence-electron chi connectivity index (χ0n) is 11.1. The number of hydrazine groups is 1. The van der Waals surface area contributed by atoms with Crippen molar-refractivity contribution in [1.29, 1.82) is 0 Å². The predicted molar refractivity (Wildman–Crippen MR) is 69.6 cm³/mol. The Balaban J connectivity index is 2.39. The molecular weight excluding hydrogens is 228 g/mol. The second kappa shape index (κ2) is 5.32. The summed E-state index contributed by atoms with van der Waals surface area (Å²) in [5.41, 5.74) is 4.82. The second-order valence-electron chi connectivity index (χ2n) is 4.41. The van der Waals surface area contributed by atoms with Crippen LogP contribution < -0.4 is 11.3 Å². The van der Waals surface area contributed by atoms with Crippen molar-refractivity contribution in [3.63, 3.8) is 0 Å². The zero-order valence-corrected chi connectivity index (χ0v) is 11.1. The number of nitrogens with zero attached hydrogens (tertiary/aromatic N) is 4. The Bertz CT molecular complexity index is 512. The normalized spacial score (nSPS) is 12.9. The predicted octanol–water partition coefficient (Wildman–Crippen LogP) is 0.888. The number of nitrogens with one attached hydrogen (secondary N) is 1. The molecule has 1 atom stereocenters. The van der Waals surface area contributed by atoms with Crippen molar-refractivity contribution in [2.45, 2.75) is 32.9 Å². The van der Waals surface area contributed by atoms with Crippen LogP contribution in [0.3, 0.4) is 0 Å². The molecule has 6 heteroatoms. The number of imidazole rings is 1. The van der Waals surface area contributed by atoms with Gasteiger partial charge < -0.3 is 4.57 Å². The summed E-state index contributed by atoms with van der Waals surface area (Å²) in [5.74, 6) is 6.61. The van der Waals surface area contributed by atoms with Gasteiger partial charge in [-0.05, 0) is 19.4 Å². The first kappa shape index (κ1) is 12.8. The third kappa shape index (κ3) is 2.30. The summed E-state index contributed by atoms with van der Waals surface area (Å²) in [7, 11) is 1.92. The highest BCUT2D eigenvalue weighted by molar-refractivity contribution is 5.20. The topological polar surface area (TPSA) is 73.7 Å². The maximum atomic E-state index is 5.69. The van der Waals surface area contributed by atoms with E-state index in [1.807, 2.05) is 30.9 Å². The fourth-order valence-electron chi connectivity index (χ4n) is 2.20. The molecule has 0 aliphatic carbocycles. The molecule has 2 heterocycles. The van der Waals surface area contributed by atoms with Gasteiger partial charge in [0.05, 0.1) is 11.4 Å². The van der Waals surface area contributed by atoms with E-state index in [0.29, 0.717) is 0 Å². The van der Waals surface area contributed by atoms with Gasteiger partial charge in [-0.1, -0.05) is 6.92 Å². The van der Waals surface area contributed by atoms with Crippen LogP contribution in [-0.4, -0.2) is 19.3 Å². The van der Waals surface area contributed by atoms with E-state index in [-0.39, 0.29) is 6.04 Å². The Morgan fingerprint density at radius 2 is 2.28 bits per heavy atom. The van der Waals surface area contributed by atoms with Gasteiger partial charge in [-0.25, -0.2) is 10.4 Å². The van der Waals surface area contributed by atoms with Crippen molar-refractivity contribution >= 4 is 0 Å². The standard InChI is InChI=1S/C12H20N6/c1-4-6-18-7-5-14-12(18)11(15-13)10-8-9(2)16-17(10)3/h5,7-8,11,15H,4,6,13H2,1-3H3. The third-order valence-corrected chi connectivity index (χ3v) is 2.97. The highest BCUT2D eigenvalue weighted by Gasteiger charge is 2.21. The van der Waals surface area contributed by atoms with E-state index in [2.05, 4.69) is 27.0 Å². The molecule has 0 saturated carbocycles. The van der Waals surface area contributed by atoms with Crippen molar-refractivity contribution < 1.29 is 0 Å². The monoisotopic (exact) mass is 248 g/mol. The Labute approximate surface area is 107 Å². The minimum Gasteiger partial charge on any atom is -0.333 e. The number of hydrogen-bond donors (Lipinski definition) is 2. The van der Waals surface area contributed by atoms with E-state index in [1.165, 1.54) is 0 Å². The minimum atomic E-state index is -0.141. The average Bonchev–Trinajstić information content (AvgIpc) is 2.89. The Morgan fingerprint density at radius 1 is 1.50 bits per heavy atom. The molecule has 98 valence electrons.